The largest absolute Gasteiger partial charge is 0.497 e. The van der Waals surface area contributed by atoms with Crippen molar-refractivity contribution in [2.45, 2.75) is 36.4 Å². The van der Waals surface area contributed by atoms with Gasteiger partial charge in [-0.05, 0) is 60.4 Å². The van der Waals surface area contributed by atoms with Crippen molar-refractivity contribution in [3.8, 4) is 5.75 Å². The van der Waals surface area contributed by atoms with Crippen molar-refractivity contribution in [3.63, 3.8) is 0 Å². The summed E-state index contributed by atoms with van der Waals surface area (Å²) < 4.78 is 37.9. The van der Waals surface area contributed by atoms with Gasteiger partial charge in [0.2, 0.25) is 11.8 Å². The minimum atomic E-state index is -4.25. The van der Waals surface area contributed by atoms with E-state index in [1.54, 1.807) is 42.5 Å². The third-order valence-electron chi connectivity index (χ3n) is 7.13. The number of aromatic nitrogens is 1. The fourth-order valence-electron chi connectivity index (χ4n) is 4.99. The first-order valence-corrected chi connectivity index (χ1v) is 14.6. The van der Waals surface area contributed by atoms with Crippen LogP contribution in [0.1, 0.15) is 40.4 Å². The number of ether oxygens (including phenoxy) is 2. The first-order chi connectivity index (χ1) is 19.8. The molecule has 2 aliphatic heterocycles. The molecule has 0 radical (unpaired) electrons. The van der Waals surface area contributed by atoms with Gasteiger partial charge in [0.15, 0.2) is 0 Å². The molecule has 2 aliphatic rings. The lowest BCUT2D eigenvalue weighted by Crippen LogP contribution is -2.48. The van der Waals surface area contributed by atoms with E-state index in [0.29, 0.717) is 27.8 Å². The Balaban J connectivity index is 1.49. The molecular weight excluding hydrogens is 548 g/mol. The summed E-state index contributed by atoms with van der Waals surface area (Å²) in [6, 6.07) is 14.9. The highest BCUT2D eigenvalue weighted by Gasteiger charge is 2.43. The lowest BCUT2D eigenvalue weighted by atomic mass is 10.0. The number of nitrogens with one attached hydrogen (secondary N) is 1. The van der Waals surface area contributed by atoms with Gasteiger partial charge in [0, 0.05) is 32.1 Å². The number of carbonyl (C=O) groups is 3. The zero-order valence-corrected chi connectivity index (χ0v) is 23.2. The van der Waals surface area contributed by atoms with Gasteiger partial charge in [-0.1, -0.05) is 24.3 Å². The van der Waals surface area contributed by atoms with E-state index in [4.69, 9.17) is 9.47 Å². The number of rotatable bonds is 10. The van der Waals surface area contributed by atoms with Crippen LogP contribution >= 0.6 is 0 Å². The average molecular weight is 579 g/mol. The molecule has 2 aromatic carbocycles. The third-order valence-corrected chi connectivity index (χ3v) is 8.92. The number of carbonyl (C=O) groups excluding carboxylic acids is 3. The van der Waals surface area contributed by atoms with Crippen LogP contribution in [0.3, 0.4) is 0 Å². The second-order valence-corrected chi connectivity index (χ2v) is 11.6. The van der Waals surface area contributed by atoms with Crippen LogP contribution < -0.4 is 10.1 Å². The number of nitrogens with zero attached hydrogens (tertiary/aromatic N) is 3. The van der Waals surface area contributed by atoms with Crippen LogP contribution in [-0.2, 0) is 30.9 Å². The second kappa shape index (κ2) is 12.1. The molecule has 3 aromatic rings. The molecule has 3 heterocycles. The topological polar surface area (TPSA) is 135 Å². The zero-order chi connectivity index (χ0) is 29.0. The first kappa shape index (κ1) is 28.2. The Bertz CT molecular complexity index is 1520. The first-order valence-electron chi connectivity index (χ1n) is 13.2. The summed E-state index contributed by atoms with van der Waals surface area (Å²) in [5.41, 5.74) is 1.15. The highest BCUT2D eigenvalue weighted by molar-refractivity contribution is 7.90. The van der Waals surface area contributed by atoms with Gasteiger partial charge in [0.1, 0.15) is 23.2 Å². The molecule has 2 atom stereocenters. The van der Waals surface area contributed by atoms with Crippen molar-refractivity contribution in [2.75, 3.05) is 26.8 Å². The molecule has 11 nitrogen and oxygen atoms in total. The van der Waals surface area contributed by atoms with Crippen LogP contribution in [0.4, 0.5) is 0 Å². The van der Waals surface area contributed by atoms with Crippen molar-refractivity contribution < 1.29 is 32.3 Å². The van der Waals surface area contributed by atoms with Gasteiger partial charge in [-0.3, -0.25) is 19.4 Å². The van der Waals surface area contributed by atoms with Crippen molar-refractivity contribution in [3.05, 3.63) is 89.7 Å². The number of sulfonamides is 1. The molecular formula is C29H30N4O7S. The molecule has 41 heavy (non-hydrogen) atoms. The van der Waals surface area contributed by atoms with Crippen molar-refractivity contribution in [1.29, 1.82) is 0 Å². The van der Waals surface area contributed by atoms with Gasteiger partial charge < -0.3 is 19.7 Å². The third kappa shape index (κ3) is 5.93. The second-order valence-electron chi connectivity index (χ2n) is 9.75. The number of pyridine rings is 1. The molecule has 214 valence electrons. The fraction of sp³-hybridized carbons (Fsp3) is 0.310. The van der Waals surface area contributed by atoms with Gasteiger partial charge >= 0.3 is 0 Å². The van der Waals surface area contributed by atoms with Crippen LogP contribution in [0.15, 0.2) is 78.0 Å². The molecule has 12 heteroatoms. The van der Waals surface area contributed by atoms with Gasteiger partial charge in [-0.2, -0.15) is 0 Å². The van der Waals surface area contributed by atoms with Crippen LogP contribution in [0.5, 0.6) is 5.75 Å². The van der Waals surface area contributed by atoms with Crippen LogP contribution in [0, 0.1) is 0 Å². The highest BCUT2D eigenvalue weighted by atomic mass is 32.2. The van der Waals surface area contributed by atoms with E-state index in [1.807, 2.05) is 0 Å². The summed E-state index contributed by atoms with van der Waals surface area (Å²) in [5.74, 6) is -1.37. The van der Waals surface area contributed by atoms with Gasteiger partial charge in [0.25, 0.3) is 15.9 Å². The molecule has 0 aliphatic carbocycles. The molecule has 1 N–H and O–H groups in total. The van der Waals surface area contributed by atoms with E-state index < -0.39 is 40.3 Å². The predicted octanol–water partition coefficient (Wildman–Crippen LogP) is 2.30. The summed E-state index contributed by atoms with van der Waals surface area (Å²) in [6.45, 7) is 0.0706. The van der Waals surface area contributed by atoms with Crippen molar-refractivity contribution in [2.24, 2.45) is 0 Å². The SMILES string of the molecule is COc1ccc(CN(C(=O)CN2C(=O)c3ccccc3S2(=O)=O)[C@@H](C(=O)NC[C@@H]2CCCO2)c2ccncc2)cc1. The Morgan fingerprint density at radius 2 is 1.85 bits per heavy atom. The predicted molar refractivity (Wildman–Crippen MR) is 147 cm³/mol. The zero-order valence-electron chi connectivity index (χ0n) is 22.4. The molecule has 0 unspecified atom stereocenters. The fourth-order valence-corrected chi connectivity index (χ4v) is 6.51. The Morgan fingerprint density at radius 3 is 2.51 bits per heavy atom. The summed E-state index contributed by atoms with van der Waals surface area (Å²) in [5, 5.41) is 2.90. The molecule has 1 aromatic heterocycles. The number of methoxy groups -OCH3 is 1. The van der Waals surface area contributed by atoms with Crippen molar-refractivity contribution in [1.82, 2.24) is 19.5 Å². The number of hydrogen-bond donors (Lipinski definition) is 1. The highest BCUT2D eigenvalue weighted by Crippen LogP contribution is 2.31. The molecule has 5 rings (SSSR count). The quantitative estimate of drug-likeness (QED) is 0.387. The number of benzene rings is 2. The Labute approximate surface area is 238 Å². The summed E-state index contributed by atoms with van der Waals surface area (Å²) in [6.07, 6.45) is 4.60. The summed E-state index contributed by atoms with van der Waals surface area (Å²) in [4.78, 5) is 46.0. The van der Waals surface area contributed by atoms with E-state index >= 15 is 0 Å². The maximum Gasteiger partial charge on any atom is 0.269 e. The normalized spacial score (nSPS) is 18.0. The minimum Gasteiger partial charge on any atom is -0.497 e. The van der Waals surface area contributed by atoms with E-state index in [0.717, 1.165) is 12.8 Å². The average Bonchev–Trinajstić information content (AvgIpc) is 3.58. The maximum atomic E-state index is 14.0. The molecule has 0 bridgehead atoms. The van der Waals surface area contributed by atoms with Gasteiger partial charge in [-0.25, -0.2) is 12.7 Å². The van der Waals surface area contributed by atoms with E-state index in [2.05, 4.69) is 10.3 Å². The number of amides is 3. The monoisotopic (exact) mass is 578 g/mol. The van der Waals surface area contributed by atoms with Gasteiger partial charge in [-0.15, -0.1) is 0 Å². The summed E-state index contributed by atoms with van der Waals surface area (Å²) in [7, 11) is -2.71. The minimum absolute atomic E-state index is 0.00185. The Kier molecular flexibility index (Phi) is 8.31. The molecule has 0 spiro atoms. The number of fused-ring (bicyclic) bond motifs is 1. The number of hydrogen-bond acceptors (Lipinski definition) is 8. The molecule has 1 fully saturated rings. The summed E-state index contributed by atoms with van der Waals surface area (Å²) >= 11 is 0. The van der Waals surface area contributed by atoms with Crippen molar-refractivity contribution >= 4 is 27.7 Å². The molecule has 0 saturated carbocycles. The smallest absolute Gasteiger partial charge is 0.269 e. The maximum absolute atomic E-state index is 14.0. The lowest BCUT2D eigenvalue weighted by Gasteiger charge is -2.32. The van der Waals surface area contributed by atoms with Crippen LogP contribution in [0.2, 0.25) is 0 Å². The van der Waals surface area contributed by atoms with Gasteiger partial charge in [0.05, 0.1) is 18.8 Å². The van der Waals surface area contributed by atoms with E-state index in [9.17, 15) is 22.8 Å². The molecule has 3 amide bonds. The van der Waals surface area contributed by atoms with Crippen LogP contribution in [-0.4, -0.2) is 73.2 Å². The lowest BCUT2D eigenvalue weighted by molar-refractivity contribution is -0.141. The Morgan fingerprint density at radius 1 is 1.12 bits per heavy atom. The standard InChI is InChI=1S/C29H30N4O7S/c1-39-22-10-8-20(9-11-22)18-32(26(34)19-33-29(36)24-6-2-3-7-25(24)41(33,37)38)27(21-12-14-30-15-13-21)28(35)31-17-23-5-4-16-40-23/h2-3,6-15,23,27H,4-5,16-19H2,1H3,(H,31,35)/t23-,27+/m0/s1. The van der Waals surface area contributed by atoms with E-state index in [-0.39, 0.29) is 29.7 Å². The molecule has 1 saturated heterocycles. The Hall–Kier alpha value is -4.29. The van der Waals surface area contributed by atoms with Crippen LogP contribution in [0.25, 0.3) is 0 Å². The van der Waals surface area contributed by atoms with E-state index in [1.165, 1.54) is 42.6 Å².